The lowest BCUT2D eigenvalue weighted by molar-refractivity contribution is 0.278. The maximum absolute atomic E-state index is 12.2. The Morgan fingerprint density at radius 2 is 2.11 bits per heavy atom. The normalized spacial score (nSPS) is 20.4. The molecule has 19 heavy (non-hydrogen) atoms. The number of aliphatic hydroxyl groups excluding tert-OH is 1. The van der Waals surface area contributed by atoms with Gasteiger partial charge in [-0.15, -0.1) is 0 Å². The molecule has 1 aliphatic rings. The van der Waals surface area contributed by atoms with E-state index in [1.54, 1.807) is 18.2 Å². The predicted molar refractivity (Wildman–Crippen MR) is 81.1 cm³/mol. The third kappa shape index (κ3) is 4.13. The molecule has 0 radical (unpaired) electrons. The molecule has 0 aliphatic carbocycles. The van der Waals surface area contributed by atoms with E-state index in [4.69, 9.17) is 0 Å². The maximum Gasteiger partial charge on any atom is 0.240 e. The quantitative estimate of drug-likeness (QED) is 0.856. The zero-order valence-corrected chi connectivity index (χ0v) is 12.9. The molecule has 0 aromatic heterocycles. The number of aliphatic hydroxyl groups is 1. The minimum absolute atomic E-state index is 0.172. The number of benzene rings is 1. The average molecular weight is 319 g/mol. The fourth-order valence-corrected chi connectivity index (χ4v) is 5.86. The monoisotopic (exact) mass is 319 g/mol. The summed E-state index contributed by atoms with van der Waals surface area (Å²) in [5.74, 6) is 3.19. The lowest BCUT2D eigenvalue weighted by Crippen LogP contribution is -2.33. The molecule has 0 saturated carbocycles. The van der Waals surface area contributed by atoms with Crippen molar-refractivity contribution in [2.24, 2.45) is 0 Å². The SMILES string of the molecule is O=S(=O)(NCC1CSCCS1)c1ccccc1CO. The summed E-state index contributed by atoms with van der Waals surface area (Å²) in [6.07, 6.45) is 0. The van der Waals surface area contributed by atoms with Gasteiger partial charge in [0.1, 0.15) is 0 Å². The van der Waals surface area contributed by atoms with E-state index in [0.29, 0.717) is 17.4 Å². The predicted octanol–water partition coefficient (Wildman–Crippen LogP) is 1.31. The van der Waals surface area contributed by atoms with Gasteiger partial charge in [-0.1, -0.05) is 18.2 Å². The Kier molecular flexibility index (Phi) is 5.58. The van der Waals surface area contributed by atoms with E-state index in [9.17, 15) is 13.5 Å². The van der Waals surface area contributed by atoms with E-state index in [0.717, 1.165) is 17.3 Å². The summed E-state index contributed by atoms with van der Waals surface area (Å²) < 4.78 is 27.1. The van der Waals surface area contributed by atoms with Crippen molar-refractivity contribution in [1.82, 2.24) is 4.72 Å². The Labute approximate surface area is 122 Å². The smallest absolute Gasteiger partial charge is 0.240 e. The third-order valence-electron chi connectivity index (χ3n) is 2.82. The van der Waals surface area contributed by atoms with Gasteiger partial charge in [-0.05, 0) is 11.6 Å². The summed E-state index contributed by atoms with van der Waals surface area (Å²) in [6, 6.07) is 6.54. The lowest BCUT2D eigenvalue weighted by atomic mass is 10.2. The summed E-state index contributed by atoms with van der Waals surface area (Å²) in [5, 5.41) is 9.53. The van der Waals surface area contributed by atoms with Crippen molar-refractivity contribution in [2.75, 3.05) is 23.8 Å². The molecule has 1 unspecified atom stereocenters. The van der Waals surface area contributed by atoms with Gasteiger partial charge < -0.3 is 5.11 Å². The van der Waals surface area contributed by atoms with Crippen molar-refractivity contribution in [1.29, 1.82) is 0 Å². The number of thioether (sulfide) groups is 2. The number of nitrogens with one attached hydrogen (secondary N) is 1. The summed E-state index contributed by atoms with van der Waals surface area (Å²) in [6.45, 7) is 0.172. The topological polar surface area (TPSA) is 66.4 Å². The van der Waals surface area contributed by atoms with Crippen LogP contribution in [0.2, 0.25) is 0 Å². The molecule has 1 saturated heterocycles. The molecule has 2 rings (SSSR count). The molecular weight excluding hydrogens is 302 g/mol. The Balaban J connectivity index is 2.05. The Hall–Kier alpha value is -0.210. The molecule has 1 atom stereocenters. The Morgan fingerprint density at radius 1 is 1.32 bits per heavy atom. The van der Waals surface area contributed by atoms with E-state index >= 15 is 0 Å². The minimum Gasteiger partial charge on any atom is -0.392 e. The van der Waals surface area contributed by atoms with Crippen LogP contribution in [0.5, 0.6) is 0 Å². The molecule has 106 valence electrons. The fraction of sp³-hybridized carbons (Fsp3) is 0.500. The van der Waals surface area contributed by atoms with Gasteiger partial charge in [-0.2, -0.15) is 23.5 Å². The summed E-state index contributed by atoms with van der Waals surface area (Å²) >= 11 is 3.67. The largest absolute Gasteiger partial charge is 0.392 e. The van der Waals surface area contributed by atoms with Gasteiger partial charge in [0.25, 0.3) is 0 Å². The molecule has 7 heteroatoms. The van der Waals surface area contributed by atoms with E-state index < -0.39 is 10.0 Å². The molecule has 0 amide bonds. The van der Waals surface area contributed by atoms with Crippen LogP contribution in [0.15, 0.2) is 29.2 Å². The molecule has 0 spiro atoms. The van der Waals surface area contributed by atoms with Crippen molar-refractivity contribution in [3.63, 3.8) is 0 Å². The van der Waals surface area contributed by atoms with Crippen LogP contribution in [0, 0.1) is 0 Å². The highest BCUT2D eigenvalue weighted by molar-refractivity contribution is 8.06. The zero-order chi connectivity index (χ0) is 13.7. The first kappa shape index (κ1) is 15.2. The summed E-state index contributed by atoms with van der Waals surface area (Å²) in [5.41, 5.74) is 0.431. The first-order chi connectivity index (χ1) is 9.13. The van der Waals surface area contributed by atoms with Gasteiger partial charge in [0.05, 0.1) is 11.5 Å². The first-order valence-corrected chi connectivity index (χ1v) is 9.70. The highest BCUT2D eigenvalue weighted by Crippen LogP contribution is 2.24. The van der Waals surface area contributed by atoms with Gasteiger partial charge in [-0.3, -0.25) is 0 Å². The maximum atomic E-state index is 12.2. The Morgan fingerprint density at radius 3 is 2.79 bits per heavy atom. The van der Waals surface area contributed by atoms with Crippen LogP contribution in [0.1, 0.15) is 5.56 Å². The van der Waals surface area contributed by atoms with Crippen molar-refractivity contribution < 1.29 is 13.5 Å². The fourth-order valence-electron chi connectivity index (χ4n) is 1.83. The number of rotatable bonds is 5. The van der Waals surface area contributed by atoms with E-state index in [2.05, 4.69) is 4.72 Å². The van der Waals surface area contributed by atoms with Gasteiger partial charge in [0.2, 0.25) is 10.0 Å². The van der Waals surface area contributed by atoms with Crippen LogP contribution in [0.25, 0.3) is 0 Å². The van der Waals surface area contributed by atoms with Crippen molar-refractivity contribution >= 4 is 33.5 Å². The second kappa shape index (κ2) is 6.99. The second-order valence-electron chi connectivity index (χ2n) is 4.19. The van der Waals surface area contributed by atoms with Gasteiger partial charge >= 0.3 is 0 Å². The van der Waals surface area contributed by atoms with Gasteiger partial charge in [0, 0.05) is 29.1 Å². The molecule has 2 N–H and O–H groups in total. The van der Waals surface area contributed by atoms with E-state index in [1.165, 1.54) is 6.07 Å². The summed E-state index contributed by atoms with van der Waals surface area (Å²) in [4.78, 5) is 0.172. The van der Waals surface area contributed by atoms with Crippen LogP contribution in [-0.2, 0) is 16.6 Å². The van der Waals surface area contributed by atoms with E-state index in [-0.39, 0.29) is 11.5 Å². The minimum atomic E-state index is -3.54. The Bertz CT molecular complexity index is 513. The van der Waals surface area contributed by atoms with Gasteiger partial charge in [-0.25, -0.2) is 13.1 Å². The van der Waals surface area contributed by atoms with Crippen LogP contribution < -0.4 is 4.72 Å². The molecule has 0 bridgehead atoms. The summed E-state index contributed by atoms with van der Waals surface area (Å²) in [7, 11) is -3.54. The van der Waals surface area contributed by atoms with Crippen molar-refractivity contribution in [3.05, 3.63) is 29.8 Å². The molecule has 1 aromatic carbocycles. The zero-order valence-electron chi connectivity index (χ0n) is 10.4. The highest BCUT2D eigenvalue weighted by Gasteiger charge is 2.21. The van der Waals surface area contributed by atoms with Crippen molar-refractivity contribution in [2.45, 2.75) is 16.8 Å². The average Bonchev–Trinajstić information content (AvgIpc) is 2.46. The number of hydrogen-bond acceptors (Lipinski definition) is 5. The van der Waals surface area contributed by atoms with Crippen molar-refractivity contribution in [3.8, 4) is 0 Å². The van der Waals surface area contributed by atoms with Crippen LogP contribution in [-0.4, -0.2) is 42.6 Å². The third-order valence-corrected chi connectivity index (χ3v) is 7.19. The van der Waals surface area contributed by atoms with E-state index in [1.807, 2.05) is 23.5 Å². The molecule has 1 fully saturated rings. The van der Waals surface area contributed by atoms with Gasteiger partial charge in [0.15, 0.2) is 0 Å². The highest BCUT2D eigenvalue weighted by atomic mass is 32.2. The van der Waals surface area contributed by atoms with Crippen LogP contribution >= 0.6 is 23.5 Å². The lowest BCUT2D eigenvalue weighted by Gasteiger charge is -2.21. The van der Waals surface area contributed by atoms with Crippen LogP contribution in [0.3, 0.4) is 0 Å². The first-order valence-electron chi connectivity index (χ1n) is 6.01. The number of sulfonamides is 1. The second-order valence-corrected chi connectivity index (χ2v) is 8.48. The molecule has 1 aromatic rings. The molecular formula is C12H17NO3S3. The number of hydrogen-bond donors (Lipinski definition) is 2. The molecule has 1 aliphatic heterocycles. The van der Waals surface area contributed by atoms with Crippen LogP contribution in [0.4, 0.5) is 0 Å². The molecule has 4 nitrogen and oxygen atoms in total. The molecule has 1 heterocycles. The standard InChI is InChI=1S/C12H17NO3S3/c14-8-10-3-1-2-4-12(10)19(15,16)13-7-11-9-17-5-6-18-11/h1-4,11,13-14H,5-9H2.